The first kappa shape index (κ1) is 20.0. The number of H-pyrrole nitrogens is 1. The largest absolute Gasteiger partial charge is 0.349 e. The van der Waals surface area contributed by atoms with Gasteiger partial charge in [0.05, 0.1) is 12.2 Å². The Balaban J connectivity index is 1.35. The van der Waals surface area contributed by atoms with Gasteiger partial charge < -0.3 is 10.3 Å². The summed E-state index contributed by atoms with van der Waals surface area (Å²) in [7, 11) is 0. The molecule has 2 atom stereocenters. The number of fused-ring (bicyclic) bond motifs is 1. The molecule has 31 heavy (non-hydrogen) atoms. The van der Waals surface area contributed by atoms with Crippen molar-refractivity contribution in [2.24, 2.45) is 5.92 Å². The number of carbonyl (C=O) groups excluding carboxylic acids is 1. The van der Waals surface area contributed by atoms with Crippen molar-refractivity contribution in [2.75, 3.05) is 0 Å². The van der Waals surface area contributed by atoms with Crippen LogP contribution in [0.15, 0.2) is 41.3 Å². The molecular formula is C24H29N5O2. The van der Waals surface area contributed by atoms with E-state index in [0.717, 1.165) is 37.9 Å². The van der Waals surface area contributed by atoms with Gasteiger partial charge in [-0.25, -0.2) is 9.67 Å². The molecule has 2 aliphatic carbocycles. The molecule has 2 heterocycles. The molecule has 0 bridgehead atoms. The number of rotatable bonds is 5. The molecule has 2 saturated carbocycles. The number of amides is 1. The van der Waals surface area contributed by atoms with Gasteiger partial charge in [0.1, 0.15) is 11.2 Å². The molecule has 0 aliphatic heterocycles. The molecule has 162 valence electrons. The third-order valence-electron chi connectivity index (χ3n) is 6.83. The van der Waals surface area contributed by atoms with Gasteiger partial charge in [0.25, 0.3) is 11.5 Å². The van der Waals surface area contributed by atoms with Crippen molar-refractivity contribution in [3.8, 4) is 0 Å². The number of hydrogen-bond acceptors (Lipinski definition) is 4. The maximum Gasteiger partial charge on any atom is 0.262 e. The second kappa shape index (κ2) is 8.65. The molecule has 1 aromatic carbocycles. The van der Waals surface area contributed by atoms with E-state index >= 15 is 0 Å². The Hall–Kier alpha value is -2.96. The van der Waals surface area contributed by atoms with Crippen LogP contribution in [-0.4, -0.2) is 31.7 Å². The van der Waals surface area contributed by atoms with Crippen LogP contribution in [0.2, 0.25) is 0 Å². The van der Waals surface area contributed by atoms with Crippen LogP contribution in [0.1, 0.15) is 73.6 Å². The van der Waals surface area contributed by atoms with Crippen LogP contribution in [0.3, 0.4) is 0 Å². The summed E-state index contributed by atoms with van der Waals surface area (Å²) in [5.41, 5.74) is 1.25. The van der Waals surface area contributed by atoms with E-state index in [1.165, 1.54) is 25.7 Å². The van der Waals surface area contributed by atoms with E-state index in [0.29, 0.717) is 22.5 Å². The molecule has 7 heteroatoms. The van der Waals surface area contributed by atoms with Crippen LogP contribution in [-0.2, 0) is 6.42 Å². The van der Waals surface area contributed by atoms with E-state index in [4.69, 9.17) is 4.98 Å². The van der Waals surface area contributed by atoms with Crippen molar-refractivity contribution in [2.45, 2.75) is 69.9 Å². The second-order valence-electron chi connectivity index (χ2n) is 9.05. The van der Waals surface area contributed by atoms with Crippen molar-refractivity contribution < 1.29 is 4.79 Å². The molecule has 7 nitrogen and oxygen atoms in total. The van der Waals surface area contributed by atoms with Gasteiger partial charge in [-0.1, -0.05) is 43.9 Å². The standard InChI is InChI=1S/C24H29N5O2/c30-23(17-9-2-1-3-10-17)26-18-11-6-12-19(14-18)29-22-20(15-25-29)24(31)28-21(27-22)13-16-7-4-5-8-16/h1-3,9-10,15-16,18-19H,4-8,11-14H2,(H,26,30)(H,27,28,31). The highest BCUT2D eigenvalue weighted by Gasteiger charge is 2.27. The highest BCUT2D eigenvalue weighted by atomic mass is 16.1. The van der Waals surface area contributed by atoms with Crippen molar-refractivity contribution in [1.29, 1.82) is 0 Å². The first-order valence-corrected chi connectivity index (χ1v) is 11.5. The fourth-order valence-electron chi connectivity index (χ4n) is 5.21. The second-order valence-corrected chi connectivity index (χ2v) is 9.05. The molecule has 0 radical (unpaired) electrons. The number of carbonyl (C=O) groups is 1. The van der Waals surface area contributed by atoms with Crippen molar-refractivity contribution in [3.05, 3.63) is 58.3 Å². The van der Waals surface area contributed by atoms with E-state index in [-0.39, 0.29) is 23.6 Å². The van der Waals surface area contributed by atoms with Gasteiger partial charge in [-0.2, -0.15) is 5.10 Å². The molecule has 2 N–H and O–H groups in total. The van der Waals surface area contributed by atoms with Crippen LogP contribution in [0.4, 0.5) is 0 Å². The molecule has 2 unspecified atom stereocenters. The Bertz CT molecular complexity index is 1110. The normalized spacial score (nSPS) is 22.1. The monoisotopic (exact) mass is 419 g/mol. The highest BCUT2D eigenvalue weighted by molar-refractivity contribution is 5.94. The van der Waals surface area contributed by atoms with Gasteiger partial charge >= 0.3 is 0 Å². The van der Waals surface area contributed by atoms with Gasteiger partial charge in [0, 0.05) is 18.0 Å². The zero-order valence-electron chi connectivity index (χ0n) is 17.7. The van der Waals surface area contributed by atoms with Crippen LogP contribution >= 0.6 is 0 Å². The number of benzene rings is 1. The Morgan fingerprint density at radius 2 is 1.90 bits per heavy atom. The average Bonchev–Trinajstić information content (AvgIpc) is 3.45. The van der Waals surface area contributed by atoms with Crippen molar-refractivity contribution in [3.63, 3.8) is 0 Å². The zero-order chi connectivity index (χ0) is 21.2. The molecule has 0 spiro atoms. The highest BCUT2D eigenvalue weighted by Crippen LogP contribution is 2.31. The number of aromatic amines is 1. The van der Waals surface area contributed by atoms with Gasteiger partial charge in [-0.05, 0) is 43.7 Å². The van der Waals surface area contributed by atoms with Gasteiger partial charge in [-0.15, -0.1) is 0 Å². The number of nitrogens with one attached hydrogen (secondary N) is 2. The Labute approximate surface area is 181 Å². The number of nitrogens with zero attached hydrogens (tertiary/aromatic N) is 3. The van der Waals surface area contributed by atoms with Crippen LogP contribution in [0.5, 0.6) is 0 Å². The third kappa shape index (κ3) is 4.27. The average molecular weight is 420 g/mol. The summed E-state index contributed by atoms with van der Waals surface area (Å²) in [6, 6.07) is 9.54. The van der Waals surface area contributed by atoms with Crippen LogP contribution in [0.25, 0.3) is 11.0 Å². The molecule has 3 aromatic rings. The van der Waals surface area contributed by atoms with E-state index in [1.54, 1.807) is 6.20 Å². The summed E-state index contributed by atoms with van der Waals surface area (Å²) in [5, 5.41) is 8.27. The quantitative estimate of drug-likeness (QED) is 0.658. The Kier molecular flexibility index (Phi) is 5.57. The summed E-state index contributed by atoms with van der Waals surface area (Å²) in [6.45, 7) is 0. The zero-order valence-corrected chi connectivity index (χ0v) is 17.7. The lowest BCUT2D eigenvalue weighted by Crippen LogP contribution is -2.39. The maximum atomic E-state index is 12.6. The molecule has 2 aromatic heterocycles. The summed E-state index contributed by atoms with van der Waals surface area (Å²) in [4.78, 5) is 33.0. The minimum atomic E-state index is -0.103. The molecule has 2 aliphatic rings. The van der Waals surface area contributed by atoms with Crippen molar-refractivity contribution in [1.82, 2.24) is 25.1 Å². The first-order chi connectivity index (χ1) is 15.2. The Morgan fingerprint density at radius 3 is 2.71 bits per heavy atom. The molecule has 0 saturated heterocycles. The van der Waals surface area contributed by atoms with E-state index in [1.807, 2.05) is 35.0 Å². The molecule has 5 rings (SSSR count). The molecule has 1 amide bonds. The van der Waals surface area contributed by atoms with E-state index in [2.05, 4.69) is 15.4 Å². The summed E-state index contributed by atoms with van der Waals surface area (Å²) < 4.78 is 1.92. The lowest BCUT2D eigenvalue weighted by atomic mass is 9.91. The van der Waals surface area contributed by atoms with Crippen LogP contribution in [0, 0.1) is 5.92 Å². The summed E-state index contributed by atoms with van der Waals surface area (Å²) in [6.07, 6.45) is 11.2. The van der Waals surface area contributed by atoms with E-state index in [9.17, 15) is 9.59 Å². The summed E-state index contributed by atoms with van der Waals surface area (Å²) in [5.74, 6) is 1.35. The number of aromatic nitrogens is 4. The minimum Gasteiger partial charge on any atom is -0.349 e. The SMILES string of the molecule is O=C(NC1CCCC(n2ncc3c(=O)[nH]c(CC4CCCC4)nc32)C1)c1ccccc1. The maximum absolute atomic E-state index is 12.6. The van der Waals surface area contributed by atoms with Crippen molar-refractivity contribution >= 4 is 16.9 Å². The topological polar surface area (TPSA) is 92.7 Å². The Morgan fingerprint density at radius 1 is 1.10 bits per heavy atom. The molecular weight excluding hydrogens is 390 g/mol. The minimum absolute atomic E-state index is 0.0370. The fraction of sp³-hybridized carbons (Fsp3) is 0.500. The predicted octanol–water partition coefficient (Wildman–Crippen LogP) is 3.77. The van der Waals surface area contributed by atoms with Gasteiger partial charge in [0.15, 0.2) is 5.65 Å². The lowest BCUT2D eigenvalue weighted by Gasteiger charge is -2.30. The fourth-order valence-corrected chi connectivity index (χ4v) is 5.21. The van der Waals surface area contributed by atoms with Gasteiger partial charge in [0.2, 0.25) is 0 Å². The molecule has 2 fully saturated rings. The third-order valence-corrected chi connectivity index (χ3v) is 6.83. The number of hydrogen-bond donors (Lipinski definition) is 2. The van der Waals surface area contributed by atoms with E-state index < -0.39 is 0 Å². The summed E-state index contributed by atoms with van der Waals surface area (Å²) >= 11 is 0. The van der Waals surface area contributed by atoms with Gasteiger partial charge in [-0.3, -0.25) is 9.59 Å². The smallest absolute Gasteiger partial charge is 0.262 e. The lowest BCUT2D eigenvalue weighted by molar-refractivity contribution is 0.0919. The predicted molar refractivity (Wildman–Crippen MR) is 119 cm³/mol. The van der Waals surface area contributed by atoms with Crippen LogP contribution < -0.4 is 10.9 Å². The first-order valence-electron chi connectivity index (χ1n) is 11.5.